The highest BCUT2D eigenvalue weighted by Crippen LogP contribution is 2.44. The largest absolute Gasteiger partial charge is 0.492 e. The van der Waals surface area contributed by atoms with Gasteiger partial charge in [-0.2, -0.15) is 0 Å². The minimum Gasteiger partial charge on any atom is -0.492 e. The third-order valence-corrected chi connectivity index (χ3v) is 5.55. The molecule has 2 fully saturated rings. The molecule has 3 N–H and O–H groups in total. The molecule has 28 heavy (non-hydrogen) atoms. The number of halogens is 1. The van der Waals surface area contributed by atoms with Crippen molar-refractivity contribution < 1.29 is 24.1 Å². The van der Waals surface area contributed by atoms with Crippen molar-refractivity contribution in [3.63, 3.8) is 0 Å². The lowest BCUT2D eigenvalue weighted by molar-refractivity contribution is 0.0694. The summed E-state index contributed by atoms with van der Waals surface area (Å²) in [6.07, 6.45) is 2.34. The number of carboxylic acid groups (broad SMARTS) is 1. The number of carboxylic acids is 1. The van der Waals surface area contributed by atoms with E-state index in [0.29, 0.717) is 12.1 Å². The average molecular weight is 391 g/mol. The number of aromatic nitrogens is 1. The van der Waals surface area contributed by atoms with Gasteiger partial charge in [-0.15, -0.1) is 0 Å². The molecule has 1 aromatic carbocycles. The summed E-state index contributed by atoms with van der Waals surface area (Å²) in [4.78, 5) is 25.9. The number of fused-ring (bicyclic) bond motifs is 1. The number of methoxy groups -OCH3 is 1. The molecule has 150 valence electrons. The molecule has 1 aromatic heterocycles. The van der Waals surface area contributed by atoms with Crippen LogP contribution < -0.4 is 20.4 Å². The highest BCUT2D eigenvalue weighted by atomic mass is 19.1. The Hall–Kier alpha value is -2.65. The summed E-state index contributed by atoms with van der Waals surface area (Å²) in [7, 11) is 3.12. The van der Waals surface area contributed by atoms with Gasteiger partial charge in [0.1, 0.15) is 11.3 Å². The number of hydrogen-bond acceptors (Lipinski definition) is 6. The monoisotopic (exact) mass is 391 g/mol. The zero-order chi connectivity index (χ0) is 20.2. The predicted octanol–water partition coefficient (Wildman–Crippen LogP) is 0.951. The summed E-state index contributed by atoms with van der Waals surface area (Å²) < 4.78 is 22.4. The van der Waals surface area contributed by atoms with Crippen LogP contribution in [0.5, 0.6) is 5.75 Å². The van der Waals surface area contributed by atoms with Crippen LogP contribution in [0.15, 0.2) is 17.1 Å². The second-order valence-electron chi connectivity index (χ2n) is 7.32. The maximum atomic E-state index is 15.1. The van der Waals surface area contributed by atoms with E-state index >= 15 is 4.39 Å². The van der Waals surface area contributed by atoms with Crippen molar-refractivity contribution in [1.82, 2.24) is 9.88 Å². The van der Waals surface area contributed by atoms with Crippen LogP contribution in [0.1, 0.15) is 29.2 Å². The normalized spacial score (nSPS) is 22.1. The number of nitrogens with zero attached hydrogens (tertiary/aromatic N) is 2. The molecule has 4 rings (SSSR count). The highest BCUT2D eigenvalue weighted by molar-refractivity contribution is 5.97. The molecule has 8 nitrogen and oxygen atoms in total. The zero-order valence-electron chi connectivity index (χ0n) is 15.6. The Kier molecular flexibility index (Phi) is 4.51. The summed E-state index contributed by atoms with van der Waals surface area (Å²) in [5.74, 6) is -1.85. The Labute approximate surface area is 160 Å². The van der Waals surface area contributed by atoms with Crippen LogP contribution in [-0.4, -0.2) is 60.1 Å². The van der Waals surface area contributed by atoms with Gasteiger partial charge in [0, 0.05) is 25.3 Å². The van der Waals surface area contributed by atoms with Gasteiger partial charge in [-0.1, -0.05) is 0 Å². The first-order valence-electron chi connectivity index (χ1n) is 9.16. The Morgan fingerprint density at radius 3 is 2.61 bits per heavy atom. The van der Waals surface area contributed by atoms with Crippen molar-refractivity contribution in [2.45, 2.75) is 31.0 Å². The number of carbonyl (C=O) groups is 1. The number of aromatic carboxylic acids is 1. The topological polar surface area (TPSA) is 104 Å². The molecule has 1 aliphatic carbocycles. The molecule has 1 saturated heterocycles. The number of β-amino-alcohol motifs (C(OH)–C–C–N with tert-alkyl or cyclic N) is 1. The molecule has 9 heteroatoms. The van der Waals surface area contributed by atoms with Crippen LogP contribution >= 0.6 is 0 Å². The standard InChI is InChI=1S/C19H22FN3O5/c1-21-13-7-22(8-14(13)24)16-12(20)5-10-15(18(16)28-2)23(9-3-4-9)6-11(17(10)25)19(26)27/h5-6,9,13-14,21,24H,3-4,7-8H2,1-2H3,(H,26,27). The van der Waals surface area contributed by atoms with E-state index < -0.39 is 23.3 Å². The van der Waals surface area contributed by atoms with Crippen molar-refractivity contribution in [2.24, 2.45) is 0 Å². The maximum Gasteiger partial charge on any atom is 0.341 e. The van der Waals surface area contributed by atoms with Crippen LogP contribution in [0.3, 0.4) is 0 Å². The molecule has 0 amide bonds. The molecule has 1 saturated carbocycles. The van der Waals surface area contributed by atoms with E-state index in [-0.39, 0.29) is 41.0 Å². The molecular weight excluding hydrogens is 369 g/mol. The van der Waals surface area contributed by atoms with E-state index in [1.54, 1.807) is 16.5 Å². The van der Waals surface area contributed by atoms with Gasteiger partial charge in [0.25, 0.3) is 0 Å². The minimum atomic E-state index is -1.34. The molecule has 2 aliphatic rings. The van der Waals surface area contributed by atoms with Gasteiger partial charge in [-0.3, -0.25) is 4.79 Å². The van der Waals surface area contributed by atoms with Crippen molar-refractivity contribution in [3.8, 4) is 5.75 Å². The lowest BCUT2D eigenvalue weighted by Gasteiger charge is -2.24. The molecule has 0 radical (unpaired) electrons. The highest BCUT2D eigenvalue weighted by Gasteiger charge is 2.36. The molecular formula is C19H22FN3O5. The number of hydrogen-bond donors (Lipinski definition) is 3. The number of pyridine rings is 1. The second-order valence-corrected chi connectivity index (χ2v) is 7.32. The first-order valence-corrected chi connectivity index (χ1v) is 9.16. The summed E-state index contributed by atoms with van der Waals surface area (Å²) in [5, 5.41) is 22.6. The van der Waals surface area contributed by atoms with Gasteiger partial charge in [0.2, 0.25) is 5.43 Å². The smallest absolute Gasteiger partial charge is 0.341 e. The summed E-state index contributed by atoms with van der Waals surface area (Å²) in [6, 6.07) is 0.905. The fourth-order valence-electron chi connectivity index (χ4n) is 3.98. The first-order chi connectivity index (χ1) is 13.4. The van der Waals surface area contributed by atoms with Gasteiger partial charge < -0.3 is 29.7 Å². The SMILES string of the molecule is CNC1CN(c2c(F)cc3c(=O)c(C(=O)O)cn(C4CC4)c3c2OC)CC1O. The van der Waals surface area contributed by atoms with E-state index in [1.807, 2.05) is 0 Å². The molecule has 2 unspecified atom stereocenters. The Bertz CT molecular complexity index is 1020. The predicted molar refractivity (Wildman–Crippen MR) is 101 cm³/mol. The molecule has 0 spiro atoms. The fourth-order valence-corrected chi connectivity index (χ4v) is 3.98. The van der Waals surface area contributed by atoms with Gasteiger partial charge in [0.05, 0.1) is 30.2 Å². The van der Waals surface area contributed by atoms with E-state index in [1.165, 1.54) is 13.3 Å². The number of rotatable bonds is 5. The minimum absolute atomic E-state index is 0.0187. The number of aliphatic hydroxyl groups excluding tert-OH is 1. The number of aliphatic hydroxyl groups is 1. The van der Waals surface area contributed by atoms with Crippen LogP contribution in [0.4, 0.5) is 10.1 Å². The quantitative estimate of drug-likeness (QED) is 0.697. The molecule has 2 atom stereocenters. The Morgan fingerprint density at radius 2 is 2.07 bits per heavy atom. The van der Waals surface area contributed by atoms with E-state index in [4.69, 9.17) is 4.74 Å². The van der Waals surface area contributed by atoms with Crippen LogP contribution in [0.25, 0.3) is 10.9 Å². The Balaban J connectivity index is 2.00. The third kappa shape index (κ3) is 2.82. The number of nitrogens with one attached hydrogen (secondary N) is 1. The molecule has 0 bridgehead atoms. The number of benzene rings is 1. The molecule has 1 aliphatic heterocycles. The summed E-state index contributed by atoms with van der Waals surface area (Å²) in [5.41, 5.74) is -0.569. The maximum absolute atomic E-state index is 15.1. The van der Waals surface area contributed by atoms with Gasteiger partial charge in [0.15, 0.2) is 11.6 Å². The van der Waals surface area contributed by atoms with Crippen LogP contribution in [0, 0.1) is 5.82 Å². The van der Waals surface area contributed by atoms with E-state index in [0.717, 1.165) is 18.9 Å². The molecule has 2 aromatic rings. The molecule has 2 heterocycles. The number of ether oxygens (including phenoxy) is 1. The first kappa shape index (κ1) is 18.7. The van der Waals surface area contributed by atoms with Crippen LogP contribution in [0.2, 0.25) is 0 Å². The van der Waals surface area contributed by atoms with Gasteiger partial charge in [-0.05, 0) is 26.0 Å². The van der Waals surface area contributed by atoms with E-state index in [9.17, 15) is 19.8 Å². The van der Waals surface area contributed by atoms with Crippen molar-refractivity contribution in [1.29, 1.82) is 0 Å². The van der Waals surface area contributed by atoms with Gasteiger partial charge in [-0.25, -0.2) is 9.18 Å². The van der Waals surface area contributed by atoms with Gasteiger partial charge >= 0.3 is 5.97 Å². The average Bonchev–Trinajstić information content (AvgIpc) is 3.43. The Morgan fingerprint density at radius 1 is 1.36 bits per heavy atom. The van der Waals surface area contributed by atoms with Crippen molar-refractivity contribution in [3.05, 3.63) is 33.9 Å². The zero-order valence-corrected chi connectivity index (χ0v) is 15.6. The summed E-state index contributed by atoms with van der Waals surface area (Å²) in [6.45, 7) is 0.586. The van der Waals surface area contributed by atoms with Crippen LogP contribution in [-0.2, 0) is 0 Å². The van der Waals surface area contributed by atoms with Crippen molar-refractivity contribution >= 4 is 22.6 Å². The number of likely N-dealkylation sites (N-methyl/N-ethyl adjacent to an activating group) is 1. The second kappa shape index (κ2) is 6.75. The van der Waals surface area contributed by atoms with E-state index in [2.05, 4.69) is 5.32 Å². The fraction of sp³-hybridized carbons (Fsp3) is 0.474. The summed E-state index contributed by atoms with van der Waals surface area (Å²) >= 11 is 0. The number of anilines is 1. The lowest BCUT2D eigenvalue weighted by Crippen LogP contribution is -2.36. The van der Waals surface area contributed by atoms with Crippen molar-refractivity contribution in [2.75, 3.05) is 32.1 Å². The lowest BCUT2D eigenvalue weighted by atomic mass is 10.1. The third-order valence-electron chi connectivity index (χ3n) is 5.55.